The fourth-order valence-corrected chi connectivity index (χ4v) is 3.07. The van der Waals surface area contributed by atoms with E-state index in [0.717, 1.165) is 11.0 Å². The summed E-state index contributed by atoms with van der Waals surface area (Å²) in [5.74, 6) is 0. The van der Waals surface area contributed by atoms with Crippen molar-refractivity contribution >= 4 is 15.9 Å². The van der Waals surface area contributed by atoms with Crippen LogP contribution in [-0.4, -0.2) is 6.54 Å². The topological polar surface area (TPSA) is 12.0 Å². The van der Waals surface area contributed by atoms with Gasteiger partial charge in [-0.15, -0.1) is 0 Å². The molecule has 0 bridgehead atoms. The molecule has 1 atom stereocenters. The highest BCUT2D eigenvalue weighted by molar-refractivity contribution is 9.10. The Balaban J connectivity index is 2.20. The summed E-state index contributed by atoms with van der Waals surface area (Å²) < 4.78 is 1.15. The Morgan fingerprint density at radius 2 is 1.84 bits per heavy atom. The largest absolute Gasteiger partial charge is 0.307 e. The van der Waals surface area contributed by atoms with Gasteiger partial charge in [0, 0.05) is 4.47 Å². The summed E-state index contributed by atoms with van der Waals surface area (Å²) in [6.07, 6.45) is 10.4. The van der Waals surface area contributed by atoms with E-state index in [-0.39, 0.29) is 0 Å². The molecule has 2 rings (SSSR count). The first-order chi connectivity index (χ1) is 9.31. The fourth-order valence-electron chi connectivity index (χ4n) is 2.80. The first-order valence-electron chi connectivity index (χ1n) is 7.49. The van der Waals surface area contributed by atoms with E-state index < -0.39 is 0 Å². The third-order valence-electron chi connectivity index (χ3n) is 3.81. The molecule has 0 amide bonds. The maximum atomic E-state index is 3.65. The summed E-state index contributed by atoms with van der Waals surface area (Å²) >= 11 is 3.52. The number of hydrogen-bond acceptors (Lipinski definition) is 1. The lowest BCUT2D eigenvalue weighted by molar-refractivity contribution is 0.554. The molecular weight excluding hydrogens is 298 g/mol. The molecule has 2 heteroatoms. The molecule has 0 heterocycles. The molecule has 104 valence electrons. The van der Waals surface area contributed by atoms with Gasteiger partial charge in [-0.1, -0.05) is 59.5 Å². The molecule has 0 saturated heterocycles. The Morgan fingerprint density at radius 1 is 1.11 bits per heavy atom. The standard InChI is InChI=1S/C17H24BrN/c1-2-19-17(15-10-12-16(18)13-11-15)14-8-6-4-3-5-7-9-14/h8,10-13,17,19H,2-7,9H2,1H3/b14-8+. The quantitative estimate of drug-likeness (QED) is 0.734. The number of halogens is 1. The van der Waals surface area contributed by atoms with Crippen LogP contribution in [0.3, 0.4) is 0 Å². The summed E-state index contributed by atoms with van der Waals surface area (Å²) in [5.41, 5.74) is 2.97. The lowest BCUT2D eigenvalue weighted by Crippen LogP contribution is -2.23. The van der Waals surface area contributed by atoms with Gasteiger partial charge in [0.05, 0.1) is 6.04 Å². The van der Waals surface area contributed by atoms with Crippen molar-refractivity contribution in [3.05, 3.63) is 46.0 Å². The third-order valence-corrected chi connectivity index (χ3v) is 4.34. The molecule has 1 unspecified atom stereocenters. The molecular formula is C17H24BrN. The van der Waals surface area contributed by atoms with Crippen molar-refractivity contribution in [1.29, 1.82) is 0 Å². The van der Waals surface area contributed by atoms with Crippen LogP contribution in [0.5, 0.6) is 0 Å². The van der Waals surface area contributed by atoms with Crippen molar-refractivity contribution in [2.45, 2.75) is 51.5 Å². The van der Waals surface area contributed by atoms with Crippen molar-refractivity contribution in [1.82, 2.24) is 5.32 Å². The molecule has 1 aromatic rings. The third kappa shape index (κ3) is 4.47. The van der Waals surface area contributed by atoms with Crippen LogP contribution < -0.4 is 5.32 Å². The van der Waals surface area contributed by atoms with Gasteiger partial charge in [0.25, 0.3) is 0 Å². The number of allylic oxidation sites excluding steroid dienone is 1. The Hall–Kier alpha value is -0.600. The van der Waals surface area contributed by atoms with Crippen LogP contribution in [0, 0.1) is 0 Å². The zero-order chi connectivity index (χ0) is 13.5. The van der Waals surface area contributed by atoms with E-state index >= 15 is 0 Å². The summed E-state index contributed by atoms with van der Waals surface area (Å²) in [4.78, 5) is 0. The van der Waals surface area contributed by atoms with E-state index in [0.29, 0.717) is 6.04 Å². The van der Waals surface area contributed by atoms with Gasteiger partial charge in [0.15, 0.2) is 0 Å². The second kappa shape index (κ2) is 7.86. The number of hydrogen-bond donors (Lipinski definition) is 1. The molecule has 0 radical (unpaired) electrons. The zero-order valence-electron chi connectivity index (χ0n) is 11.8. The molecule has 0 saturated carbocycles. The first kappa shape index (κ1) is 14.8. The molecule has 0 aromatic heterocycles. The molecule has 1 N–H and O–H groups in total. The number of benzene rings is 1. The number of likely N-dealkylation sites (N-methyl/N-ethyl adjacent to an activating group) is 1. The molecule has 0 aliphatic heterocycles. The molecule has 19 heavy (non-hydrogen) atoms. The average molecular weight is 322 g/mol. The lowest BCUT2D eigenvalue weighted by Gasteiger charge is -2.23. The maximum Gasteiger partial charge on any atom is 0.0535 e. The highest BCUT2D eigenvalue weighted by Crippen LogP contribution is 2.29. The lowest BCUT2D eigenvalue weighted by atomic mass is 9.91. The van der Waals surface area contributed by atoms with Crippen molar-refractivity contribution in [3.63, 3.8) is 0 Å². The molecule has 1 aliphatic carbocycles. The van der Waals surface area contributed by atoms with Gasteiger partial charge >= 0.3 is 0 Å². The van der Waals surface area contributed by atoms with Gasteiger partial charge in [-0.2, -0.15) is 0 Å². The van der Waals surface area contributed by atoms with Crippen molar-refractivity contribution in [3.8, 4) is 0 Å². The van der Waals surface area contributed by atoms with Gasteiger partial charge in [0.1, 0.15) is 0 Å². The second-order valence-electron chi connectivity index (χ2n) is 5.27. The smallest absolute Gasteiger partial charge is 0.0535 e. The predicted octanol–water partition coefficient (Wildman–Crippen LogP) is 5.38. The molecule has 1 aromatic carbocycles. The first-order valence-corrected chi connectivity index (χ1v) is 8.28. The normalized spacial score (nSPS) is 21.1. The Morgan fingerprint density at radius 3 is 2.58 bits per heavy atom. The molecule has 1 nitrogen and oxygen atoms in total. The molecule has 0 fully saturated rings. The van der Waals surface area contributed by atoms with Crippen molar-refractivity contribution in [2.24, 2.45) is 0 Å². The minimum absolute atomic E-state index is 0.399. The molecule has 1 aliphatic rings. The van der Waals surface area contributed by atoms with Crippen LogP contribution in [0.15, 0.2) is 40.4 Å². The monoisotopic (exact) mass is 321 g/mol. The average Bonchev–Trinajstić information content (AvgIpc) is 2.38. The van der Waals surface area contributed by atoms with Crippen molar-refractivity contribution < 1.29 is 0 Å². The molecule has 0 spiro atoms. The Bertz CT molecular complexity index is 408. The van der Waals surface area contributed by atoms with E-state index in [1.165, 1.54) is 44.1 Å². The van der Waals surface area contributed by atoms with E-state index in [1.54, 1.807) is 5.57 Å². The second-order valence-corrected chi connectivity index (χ2v) is 6.19. The van der Waals surface area contributed by atoms with Gasteiger partial charge in [0.2, 0.25) is 0 Å². The van der Waals surface area contributed by atoms with Crippen molar-refractivity contribution in [2.75, 3.05) is 6.54 Å². The van der Waals surface area contributed by atoms with E-state index in [2.05, 4.69) is 58.5 Å². The summed E-state index contributed by atoms with van der Waals surface area (Å²) in [6.45, 7) is 3.20. The predicted molar refractivity (Wildman–Crippen MR) is 86.3 cm³/mol. The number of rotatable bonds is 4. The van der Waals surface area contributed by atoms with Crippen LogP contribution in [0.2, 0.25) is 0 Å². The SMILES string of the molecule is CCNC(/C1=C/CCCCCC1)c1ccc(Br)cc1. The zero-order valence-corrected chi connectivity index (χ0v) is 13.4. The van der Waals surface area contributed by atoms with Crippen LogP contribution in [-0.2, 0) is 0 Å². The minimum atomic E-state index is 0.399. The van der Waals surface area contributed by atoms with Gasteiger partial charge in [-0.3, -0.25) is 0 Å². The van der Waals surface area contributed by atoms with Crippen LogP contribution in [0.25, 0.3) is 0 Å². The summed E-state index contributed by atoms with van der Waals surface area (Å²) in [5, 5.41) is 3.65. The van der Waals surface area contributed by atoms with Gasteiger partial charge in [-0.05, 0) is 49.9 Å². The van der Waals surface area contributed by atoms with E-state index in [9.17, 15) is 0 Å². The van der Waals surface area contributed by atoms with Gasteiger partial charge in [-0.25, -0.2) is 0 Å². The Labute approximate surface area is 125 Å². The van der Waals surface area contributed by atoms with E-state index in [1.807, 2.05) is 0 Å². The summed E-state index contributed by atoms with van der Waals surface area (Å²) in [7, 11) is 0. The van der Waals surface area contributed by atoms with Gasteiger partial charge < -0.3 is 5.32 Å². The maximum absolute atomic E-state index is 3.65. The Kier molecular flexibility index (Phi) is 6.12. The highest BCUT2D eigenvalue weighted by Gasteiger charge is 2.16. The highest BCUT2D eigenvalue weighted by atomic mass is 79.9. The van der Waals surface area contributed by atoms with E-state index in [4.69, 9.17) is 0 Å². The van der Waals surface area contributed by atoms with Crippen LogP contribution in [0.4, 0.5) is 0 Å². The summed E-state index contributed by atoms with van der Waals surface area (Å²) in [6, 6.07) is 9.15. The van der Waals surface area contributed by atoms with Crippen LogP contribution in [0.1, 0.15) is 57.1 Å². The minimum Gasteiger partial charge on any atom is -0.307 e. The van der Waals surface area contributed by atoms with Crippen LogP contribution >= 0.6 is 15.9 Å². The number of nitrogens with one attached hydrogen (secondary N) is 1. The fraction of sp³-hybridized carbons (Fsp3) is 0.529.